The predicted octanol–water partition coefficient (Wildman–Crippen LogP) is 1.62. The molecule has 3 aliphatic heterocycles. The van der Waals surface area contributed by atoms with Gasteiger partial charge in [-0.05, 0) is 44.4 Å². The van der Waals surface area contributed by atoms with E-state index >= 15 is 0 Å². The van der Waals surface area contributed by atoms with Crippen LogP contribution in [0.5, 0.6) is 0 Å². The maximum absolute atomic E-state index is 13.0. The highest BCUT2D eigenvalue weighted by Crippen LogP contribution is 2.23. The van der Waals surface area contributed by atoms with Crippen LogP contribution < -0.4 is 5.32 Å². The molecule has 7 nitrogen and oxygen atoms in total. The SMILES string of the molecule is CC1CCN(S(=O)(=O)N2CCCC[C@H](NC(=O)N3CCCC3)C2)CC1. The highest BCUT2D eigenvalue weighted by molar-refractivity contribution is 7.86. The fraction of sp³-hybridized carbons (Fsp3) is 0.941. The van der Waals surface area contributed by atoms with E-state index in [0.717, 1.165) is 58.0 Å². The van der Waals surface area contributed by atoms with E-state index in [1.807, 2.05) is 4.90 Å². The lowest BCUT2D eigenvalue weighted by Gasteiger charge is -2.34. The third-order valence-electron chi connectivity index (χ3n) is 5.75. The van der Waals surface area contributed by atoms with Gasteiger partial charge in [0.15, 0.2) is 0 Å². The highest BCUT2D eigenvalue weighted by Gasteiger charge is 2.35. The van der Waals surface area contributed by atoms with Crippen LogP contribution in [0, 0.1) is 5.92 Å². The van der Waals surface area contributed by atoms with Gasteiger partial charge < -0.3 is 10.2 Å². The first-order chi connectivity index (χ1) is 12.0. The Hall–Kier alpha value is -0.860. The molecule has 8 heteroatoms. The van der Waals surface area contributed by atoms with Gasteiger partial charge in [0, 0.05) is 45.3 Å². The molecule has 3 rings (SSSR count). The van der Waals surface area contributed by atoms with Gasteiger partial charge in [-0.2, -0.15) is 17.0 Å². The first kappa shape index (κ1) is 18.9. The zero-order chi connectivity index (χ0) is 17.9. The second-order valence-electron chi connectivity index (χ2n) is 7.78. The van der Waals surface area contributed by atoms with E-state index in [4.69, 9.17) is 0 Å². The molecule has 0 spiro atoms. The molecule has 3 heterocycles. The summed E-state index contributed by atoms with van der Waals surface area (Å²) >= 11 is 0. The lowest BCUT2D eigenvalue weighted by Crippen LogP contribution is -2.52. The summed E-state index contributed by atoms with van der Waals surface area (Å²) in [5, 5.41) is 3.08. The molecule has 0 bridgehead atoms. The lowest BCUT2D eigenvalue weighted by atomic mass is 10.0. The van der Waals surface area contributed by atoms with Crippen molar-refractivity contribution in [1.29, 1.82) is 0 Å². The topological polar surface area (TPSA) is 73.0 Å². The van der Waals surface area contributed by atoms with Gasteiger partial charge in [-0.15, -0.1) is 0 Å². The molecule has 25 heavy (non-hydrogen) atoms. The van der Waals surface area contributed by atoms with Crippen molar-refractivity contribution in [3.8, 4) is 0 Å². The molecule has 0 unspecified atom stereocenters. The average Bonchev–Trinajstić information content (AvgIpc) is 3.02. The molecule has 1 atom stereocenters. The van der Waals surface area contributed by atoms with Crippen molar-refractivity contribution in [2.24, 2.45) is 5.92 Å². The first-order valence-corrected chi connectivity index (χ1v) is 11.2. The molecule has 0 radical (unpaired) electrons. The Balaban J connectivity index is 1.61. The molecule has 0 aliphatic carbocycles. The van der Waals surface area contributed by atoms with Crippen LogP contribution >= 0.6 is 0 Å². The van der Waals surface area contributed by atoms with Crippen molar-refractivity contribution in [1.82, 2.24) is 18.8 Å². The molecule has 0 saturated carbocycles. The molecule has 2 amide bonds. The van der Waals surface area contributed by atoms with Crippen LogP contribution in [0.3, 0.4) is 0 Å². The van der Waals surface area contributed by atoms with Gasteiger partial charge >= 0.3 is 6.03 Å². The number of rotatable bonds is 3. The molecule has 3 aliphatic rings. The number of nitrogens with one attached hydrogen (secondary N) is 1. The second kappa shape index (κ2) is 8.22. The number of carbonyl (C=O) groups excluding carboxylic acids is 1. The van der Waals surface area contributed by atoms with E-state index in [1.54, 1.807) is 8.61 Å². The summed E-state index contributed by atoms with van der Waals surface area (Å²) in [5.41, 5.74) is 0. The Morgan fingerprint density at radius 3 is 2.20 bits per heavy atom. The Bertz CT molecular complexity index is 554. The van der Waals surface area contributed by atoms with E-state index in [2.05, 4.69) is 12.2 Å². The Morgan fingerprint density at radius 1 is 0.880 bits per heavy atom. The minimum absolute atomic E-state index is 0.0338. The lowest BCUT2D eigenvalue weighted by molar-refractivity contribution is 0.201. The number of urea groups is 1. The van der Waals surface area contributed by atoms with Crippen molar-refractivity contribution in [2.45, 2.75) is 57.9 Å². The first-order valence-electron chi connectivity index (χ1n) is 9.77. The zero-order valence-corrected chi connectivity index (χ0v) is 16.1. The molecule has 0 aromatic carbocycles. The minimum Gasteiger partial charge on any atom is -0.334 e. The predicted molar refractivity (Wildman–Crippen MR) is 97.4 cm³/mol. The molecular formula is C17H32N4O3S. The van der Waals surface area contributed by atoms with Crippen LogP contribution in [-0.2, 0) is 10.2 Å². The number of carbonyl (C=O) groups is 1. The normalized spacial score (nSPS) is 28.0. The molecule has 3 fully saturated rings. The third kappa shape index (κ3) is 4.65. The molecule has 0 aromatic heterocycles. The Kier molecular flexibility index (Phi) is 6.22. The van der Waals surface area contributed by atoms with Gasteiger partial charge in [0.2, 0.25) is 0 Å². The standard InChI is InChI=1S/C17H32N4O3S/c1-15-7-12-20(13-8-15)25(23,24)21-11-3-2-6-16(14-21)18-17(22)19-9-4-5-10-19/h15-16H,2-14H2,1H3,(H,18,22)/t16-/m0/s1. The van der Waals surface area contributed by atoms with Crippen molar-refractivity contribution < 1.29 is 13.2 Å². The Morgan fingerprint density at radius 2 is 1.52 bits per heavy atom. The summed E-state index contributed by atoms with van der Waals surface area (Å²) in [4.78, 5) is 14.2. The number of nitrogens with zero attached hydrogens (tertiary/aromatic N) is 3. The van der Waals surface area contributed by atoms with Gasteiger partial charge in [0.05, 0.1) is 0 Å². The summed E-state index contributed by atoms with van der Waals surface area (Å²) in [5.74, 6) is 0.600. The zero-order valence-electron chi connectivity index (χ0n) is 15.3. The fourth-order valence-corrected chi connectivity index (χ4v) is 5.73. The largest absolute Gasteiger partial charge is 0.334 e. The van der Waals surface area contributed by atoms with Crippen LogP contribution in [0.25, 0.3) is 0 Å². The van der Waals surface area contributed by atoms with Crippen LogP contribution in [0.2, 0.25) is 0 Å². The van der Waals surface area contributed by atoms with Crippen LogP contribution in [0.15, 0.2) is 0 Å². The summed E-state index contributed by atoms with van der Waals surface area (Å²) in [7, 11) is -3.42. The second-order valence-corrected chi connectivity index (χ2v) is 9.71. The van der Waals surface area contributed by atoms with Gasteiger partial charge in [-0.25, -0.2) is 4.79 Å². The van der Waals surface area contributed by atoms with E-state index in [0.29, 0.717) is 32.1 Å². The van der Waals surface area contributed by atoms with E-state index in [1.165, 1.54) is 0 Å². The van der Waals surface area contributed by atoms with Crippen molar-refractivity contribution in [3.63, 3.8) is 0 Å². The summed E-state index contributed by atoms with van der Waals surface area (Å²) in [6, 6.07) is -0.123. The molecule has 1 N–H and O–H groups in total. The minimum atomic E-state index is -3.42. The van der Waals surface area contributed by atoms with Gasteiger partial charge in [-0.1, -0.05) is 13.3 Å². The Labute approximate surface area is 151 Å². The number of hydrogen-bond donors (Lipinski definition) is 1. The maximum Gasteiger partial charge on any atom is 0.317 e. The summed E-state index contributed by atoms with van der Waals surface area (Å²) < 4.78 is 29.3. The number of amides is 2. The van der Waals surface area contributed by atoms with E-state index < -0.39 is 10.2 Å². The highest BCUT2D eigenvalue weighted by atomic mass is 32.2. The third-order valence-corrected chi connectivity index (χ3v) is 7.75. The van der Waals surface area contributed by atoms with Crippen molar-refractivity contribution in [3.05, 3.63) is 0 Å². The van der Waals surface area contributed by atoms with E-state index in [-0.39, 0.29) is 12.1 Å². The summed E-state index contributed by atoms with van der Waals surface area (Å²) in [6.07, 6.45) is 6.65. The number of piperidine rings is 1. The maximum atomic E-state index is 13.0. The van der Waals surface area contributed by atoms with E-state index in [9.17, 15) is 13.2 Å². The van der Waals surface area contributed by atoms with Gasteiger partial charge in [-0.3, -0.25) is 0 Å². The molecular weight excluding hydrogens is 340 g/mol. The molecule has 0 aromatic rings. The number of likely N-dealkylation sites (tertiary alicyclic amines) is 1. The van der Waals surface area contributed by atoms with Crippen LogP contribution in [-0.4, -0.2) is 73.3 Å². The smallest absolute Gasteiger partial charge is 0.317 e. The molecule has 3 saturated heterocycles. The van der Waals surface area contributed by atoms with Crippen LogP contribution in [0.1, 0.15) is 51.9 Å². The van der Waals surface area contributed by atoms with Crippen LogP contribution in [0.4, 0.5) is 4.79 Å². The molecule has 144 valence electrons. The number of hydrogen-bond acceptors (Lipinski definition) is 3. The van der Waals surface area contributed by atoms with Crippen molar-refractivity contribution >= 4 is 16.2 Å². The monoisotopic (exact) mass is 372 g/mol. The average molecular weight is 373 g/mol. The fourth-order valence-electron chi connectivity index (χ4n) is 4.00. The van der Waals surface area contributed by atoms with Crippen molar-refractivity contribution in [2.75, 3.05) is 39.3 Å². The summed E-state index contributed by atoms with van der Waals surface area (Å²) in [6.45, 7) is 5.99. The quantitative estimate of drug-likeness (QED) is 0.818. The van der Waals surface area contributed by atoms with Gasteiger partial charge in [0.1, 0.15) is 0 Å². The van der Waals surface area contributed by atoms with Gasteiger partial charge in [0.25, 0.3) is 10.2 Å².